The molecule has 0 saturated carbocycles. The molecule has 12 rings (SSSR count). The van der Waals surface area contributed by atoms with E-state index in [9.17, 15) is 39.6 Å². The van der Waals surface area contributed by atoms with Crippen LogP contribution in [0.15, 0.2) is 255 Å². The summed E-state index contributed by atoms with van der Waals surface area (Å²) in [6.07, 6.45) is 6.87. The molecule has 2 aliphatic rings. The Bertz CT molecular complexity index is 4370. The van der Waals surface area contributed by atoms with E-state index in [4.69, 9.17) is 30.3 Å². The van der Waals surface area contributed by atoms with Crippen molar-refractivity contribution in [3.63, 3.8) is 0 Å². The molecule has 10 N–H and O–H groups in total. The summed E-state index contributed by atoms with van der Waals surface area (Å²) in [6.45, 7) is 32.8. The maximum atomic E-state index is 10.9. The number of carbonyl (C=O) groups excluding carboxylic acids is 2. The number of ether oxygens (including phenoxy) is 1. The fourth-order valence-electron chi connectivity index (χ4n) is 14.1. The normalized spacial score (nSPS) is 14.2. The first-order valence-electron chi connectivity index (χ1n) is 40.9. The van der Waals surface area contributed by atoms with Gasteiger partial charge in [0.15, 0.2) is 18.5 Å². The van der Waals surface area contributed by atoms with Crippen molar-refractivity contribution in [1.29, 1.82) is 0 Å². The Morgan fingerprint density at radius 2 is 0.802 bits per heavy atom. The number of aliphatic carboxylic acids is 2. The second-order valence-electron chi connectivity index (χ2n) is 30.8. The molecule has 6 unspecified atom stereocenters. The number of hydrogen-bond acceptors (Lipinski definition) is 15. The zero-order chi connectivity index (χ0) is 86.6. The van der Waals surface area contributed by atoms with Crippen molar-refractivity contribution < 1.29 is 69.9 Å². The molecule has 2 heterocycles. The van der Waals surface area contributed by atoms with E-state index < -0.39 is 30.4 Å². The molecule has 18 heteroatoms. The summed E-state index contributed by atoms with van der Waals surface area (Å²) in [4.78, 5) is 45.3. The first-order chi connectivity index (χ1) is 56.4. The minimum absolute atomic E-state index is 0. The Labute approximate surface area is 727 Å². The molecule has 121 heavy (non-hydrogen) atoms. The van der Waals surface area contributed by atoms with E-state index >= 15 is 0 Å². The second kappa shape index (κ2) is 57.5. The number of aldehydes is 2. The summed E-state index contributed by atoms with van der Waals surface area (Å²) in [6, 6.07) is 83.5. The summed E-state index contributed by atoms with van der Waals surface area (Å²) in [5.41, 5.74) is 15.8. The maximum Gasteiger partial charge on any atom is 0.335 e. The molecule has 0 bridgehead atoms. The molecule has 7 atom stereocenters. The van der Waals surface area contributed by atoms with Crippen molar-refractivity contribution in [2.45, 2.75) is 216 Å². The fraction of sp³-hybridized carbons (Fsp3) is 0.359. The number of fused-ring (bicyclic) bond motifs is 1. The average molecular weight is 1680 g/mol. The lowest BCUT2D eigenvalue weighted by Gasteiger charge is -2.32. The highest BCUT2D eigenvalue weighted by Gasteiger charge is 2.31. The van der Waals surface area contributed by atoms with Crippen LogP contribution in [0, 0.1) is 34.6 Å². The Hall–Kier alpha value is -10.7. The monoisotopic (exact) mass is 1670 g/mol. The number of phenolic OH excluding ortho intramolecular Hbond substituents is 4. The topological polar surface area (TPSA) is 278 Å². The number of nitrogens with one attached hydrogen (secondary N) is 1. The second-order valence-corrected chi connectivity index (χ2v) is 30.8. The van der Waals surface area contributed by atoms with Crippen molar-refractivity contribution in [2.24, 2.45) is 0 Å². The average Bonchev–Trinajstić information content (AvgIpc) is 0.791. The van der Waals surface area contributed by atoms with Crippen LogP contribution in [-0.4, -0.2) is 149 Å². The number of aliphatic hydroxyl groups excluding tert-OH is 3. The van der Waals surface area contributed by atoms with Gasteiger partial charge in [-0.25, -0.2) is 9.59 Å². The molecule has 17 nitrogen and oxygen atoms in total. The first kappa shape index (κ1) is 106. The van der Waals surface area contributed by atoms with Crippen LogP contribution in [0.25, 0.3) is 6.08 Å². The SMILES string of the molecule is C.C.C1CCNCC1.Cc1ccc(O)c(C(CC=O)c2ccccc2)c1.Cc1ccc(O)c(C(CCN(C(C)C)C(C)C)c2ccccc2)c1.Cc1ccc(O)c([C@H](CCN(C(C)C)C(C)C)c2ccccc2)c1.Cc1ccc(O)cc1.Cc1ccc2c(c1)C(c1ccccc1)CC(O)O2.Cl.O=C(O)C(O)C(O)C(=O)O.O=C/C=C/c1ccccc1. The van der Waals surface area contributed by atoms with Crippen LogP contribution < -0.4 is 10.1 Å². The van der Waals surface area contributed by atoms with Crippen LogP contribution in [-0.2, 0) is 19.2 Å². The lowest BCUT2D eigenvalue weighted by atomic mass is 9.85. The zero-order valence-corrected chi connectivity index (χ0v) is 72.3. The first-order valence-corrected chi connectivity index (χ1v) is 40.9. The van der Waals surface area contributed by atoms with E-state index in [1.807, 2.05) is 166 Å². The lowest BCUT2D eigenvalue weighted by molar-refractivity contribution is -0.165. The number of aliphatic hydroxyl groups is 3. The summed E-state index contributed by atoms with van der Waals surface area (Å²) in [5, 5.41) is 85.3. The number of carbonyl (C=O) groups is 4. The van der Waals surface area contributed by atoms with Crippen molar-refractivity contribution in [1.82, 2.24) is 15.1 Å². The molecule has 1 saturated heterocycles. The summed E-state index contributed by atoms with van der Waals surface area (Å²) in [7, 11) is 0. The molecule has 0 amide bonds. The van der Waals surface area contributed by atoms with E-state index in [1.165, 1.54) is 82.9 Å². The van der Waals surface area contributed by atoms with Crippen LogP contribution >= 0.6 is 12.4 Å². The Balaban J connectivity index is 0.000000483. The highest BCUT2D eigenvalue weighted by atomic mass is 35.5. The number of aryl methyl sites for hydroxylation is 5. The van der Waals surface area contributed by atoms with Gasteiger partial charge in [0, 0.05) is 82.9 Å². The zero-order valence-electron chi connectivity index (χ0n) is 71.5. The number of piperidine rings is 1. The number of phenols is 4. The van der Waals surface area contributed by atoms with Gasteiger partial charge in [0.05, 0.1) is 0 Å². The van der Waals surface area contributed by atoms with Gasteiger partial charge in [-0.15, -0.1) is 12.4 Å². The maximum absolute atomic E-state index is 10.9. The number of nitrogens with zero attached hydrogens (tertiary/aromatic N) is 2. The summed E-state index contributed by atoms with van der Waals surface area (Å²) >= 11 is 0. The molecule has 2 aliphatic heterocycles. The van der Waals surface area contributed by atoms with Crippen molar-refractivity contribution in [2.75, 3.05) is 26.2 Å². The van der Waals surface area contributed by atoms with Gasteiger partial charge in [0.2, 0.25) is 0 Å². The Morgan fingerprint density at radius 1 is 0.455 bits per heavy atom. The number of rotatable bonds is 24. The highest BCUT2D eigenvalue weighted by molar-refractivity contribution is 5.85. The molecular weight excluding hydrogens is 1540 g/mol. The predicted octanol–water partition coefficient (Wildman–Crippen LogP) is 21.3. The van der Waals surface area contributed by atoms with E-state index in [0.717, 1.165) is 77.6 Å². The van der Waals surface area contributed by atoms with Gasteiger partial charge in [0.25, 0.3) is 0 Å². The minimum atomic E-state index is -2.27. The fourth-order valence-corrected chi connectivity index (χ4v) is 14.1. The van der Waals surface area contributed by atoms with Gasteiger partial charge in [-0.1, -0.05) is 267 Å². The molecule has 654 valence electrons. The minimum Gasteiger partial charge on any atom is -0.508 e. The Morgan fingerprint density at radius 3 is 1.14 bits per heavy atom. The number of aromatic hydroxyl groups is 4. The number of carboxylic acid groups (broad SMARTS) is 2. The van der Waals surface area contributed by atoms with Gasteiger partial charge in [0.1, 0.15) is 41.3 Å². The van der Waals surface area contributed by atoms with Crippen LogP contribution in [0.3, 0.4) is 0 Å². The number of hydrogen-bond donors (Lipinski definition) is 10. The molecule has 10 aromatic carbocycles. The van der Waals surface area contributed by atoms with E-state index in [0.29, 0.717) is 54.3 Å². The molecule has 1 fully saturated rings. The number of benzene rings is 10. The smallest absolute Gasteiger partial charge is 0.335 e. The van der Waals surface area contributed by atoms with Crippen LogP contribution in [0.1, 0.15) is 217 Å². The van der Waals surface area contributed by atoms with Crippen molar-refractivity contribution >= 4 is 43.0 Å². The standard InChI is InChI=1S/2C22H31NO.2C16H16O2.C9H8O.C7H8O.C5H11N.C4H6O6.2CH4.ClH/c2*1-16(2)23(17(3)4)14-13-20(19-9-7-6-8-10-19)21-15-18(5)11-12-22(21)24;1-11-7-8-15-14(9-11)13(10-16(17)18-15)12-5-3-2-4-6-12;1-12-7-8-16(18)15(11-12)14(9-10-17)13-5-3-2-4-6-13;10-8-4-7-9-5-2-1-3-6-9;1-6-2-4-7(8)5-3-6;1-2-4-6-5-3-1;5-1(3(7)8)2(6)4(9)10;;;/h2*6-12,15-17,20,24H,13-14H2,1-5H3;2-9,13,16-17H,10H2,1H3;2-8,10-11,14,18H,9H2,1H3;1-8H;2-5,8H,1H3;6H,1-5H2;1-2,5-6H,(H,7,8)(H,9,10);2*1H4;1H/b;;;;7-4+;;;;;;/t20-;;;;;;;;;;/m1........../s1. The summed E-state index contributed by atoms with van der Waals surface area (Å²) in [5.74, 6) is -0.805. The van der Waals surface area contributed by atoms with Gasteiger partial charge < -0.3 is 60.8 Å². The number of halogens is 1. The van der Waals surface area contributed by atoms with Crippen molar-refractivity contribution in [3.8, 4) is 28.7 Å². The predicted molar refractivity (Wildman–Crippen MR) is 497 cm³/mol. The number of carboxylic acids is 2. The molecule has 0 aromatic heterocycles. The molecular formula is C103H136ClN3O14. The van der Waals surface area contributed by atoms with E-state index in [2.05, 4.69) is 170 Å². The third-order valence-corrected chi connectivity index (χ3v) is 20.3. The van der Waals surface area contributed by atoms with Crippen LogP contribution in [0.5, 0.6) is 28.7 Å². The van der Waals surface area contributed by atoms with E-state index in [-0.39, 0.29) is 56.7 Å². The van der Waals surface area contributed by atoms with Crippen molar-refractivity contribution in [3.05, 3.63) is 333 Å². The molecule has 0 spiro atoms. The molecule has 0 radical (unpaired) electrons. The van der Waals surface area contributed by atoms with E-state index in [1.54, 1.807) is 24.3 Å². The third-order valence-electron chi connectivity index (χ3n) is 20.3. The van der Waals surface area contributed by atoms with Gasteiger partial charge >= 0.3 is 11.9 Å². The van der Waals surface area contributed by atoms with Gasteiger partial charge in [-0.05, 0) is 212 Å². The van der Waals surface area contributed by atoms with Crippen LogP contribution in [0.4, 0.5) is 0 Å². The van der Waals surface area contributed by atoms with Gasteiger partial charge in [-0.3, -0.25) is 14.6 Å². The van der Waals surface area contributed by atoms with Gasteiger partial charge in [-0.2, -0.15) is 0 Å². The number of allylic oxidation sites excluding steroid dienone is 1. The lowest BCUT2D eigenvalue weighted by Crippen LogP contribution is -2.39. The largest absolute Gasteiger partial charge is 0.508 e. The van der Waals surface area contributed by atoms with Crippen LogP contribution in [0.2, 0.25) is 0 Å². The molecule has 0 aliphatic carbocycles. The Kier molecular flexibility index (Phi) is 50.5. The summed E-state index contributed by atoms with van der Waals surface area (Å²) < 4.78 is 5.49. The quantitative estimate of drug-likeness (QED) is 0.0199. The third kappa shape index (κ3) is 37.8. The molecule has 10 aromatic rings. The highest BCUT2D eigenvalue weighted by Crippen LogP contribution is 2.41.